The van der Waals surface area contributed by atoms with Gasteiger partial charge in [0.1, 0.15) is 5.75 Å². The summed E-state index contributed by atoms with van der Waals surface area (Å²) in [5.74, 6) is 0.997. The van der Waals surface area contributed by atoms with Gasteiger partial charge in [0.2, 0.25) is 0 Å². The van der Waals surface area contributed by atoms with Crippen LogP contribution in [0.5, 0.6) is 5.75 Å². The van der Waals surface area contributed by atoms with E-state index in [4.69, 9.17) is 4.74 Å². The zero-order valence-corrected chi connectivity index (χ0v) is 11.5. The lowest BCUT2D eigenvalue weighted by atomic mass is 10.0. The van der Waals surface area contributed by atoms with Crippen molar-refractivity contribution in [3.63, 3.8) is 0 Å². The van der Waals surface area contributed by atoms with E-state index in [0.717, 1.165) is 18.6 Å². The highest BCUT2D eigenvalue weighted by Crippen LogP contribution is 2.25. The van der Waals surface area contributed by atoms with E-state index in [9.17, 15) is 0 Å². The average molecular weight is 245 g/mol. The second-order valence-electron chi connectivity index (χ2n) is 4.98. The number of benzene rings is 1. The van der Waals surface area contributed by atoms with Crippen molar-refractivity contribution in [3.8, 4) is 5.75 Å². The van der Waals surface area contributed by atoms with E-state index >= 15 is 0 Å². The van der Waals surface area contributed by atoms with E-state index in [2.05, 4.69) is 42.3 Å². The van der Waals surface area contributed by atoms with Gasteiger partial charge in [-0.1, -0.05) is 24.3 Å². The molecule has 2 nitrogen and oxygen atoms in total. The molecule has 0 aliphatic carbocycles. The van der Waals surface area contributed by atoms with Crippen LogP contribution < -0.4 is 4.74 Å². The molecule has 0 unspecified atom stereocenters. The van der Waals surface area contributed by atoms with E-state index < -0.39 is 0 Å². The van der Waals surface area contributed by atoms with E-state index in [-0.39, 0.29) is 0 Å². The summed E-state index contributed by atoms with van der Waals surface area (Å²) in [6.45, 7) is 2.37. The minimum absolute atomic E-state index is 0.997. The fraction of sp³-hybridized carbons (Fsp3) is 0.500. The van der Waals surface area contributed by atoms with Crippen molar-refractivity contribution in [3.05, 3.63) is 35.4 Å². The molecule has 0 amide bonds. The molecule has 1 aromatic rings. The number of ether oxygens (including phenoxy) is 1. The van der Waals surface area contributed by atoms with Gasteiger partial charge in [0.05, 0.1) is 7.11 Å². The third-order valence-corrected chi connectivity index (χ3v) is 3.56. The minimum Gasteiger partial charge on any atom is -0.496 e. The molecule has 0 N–H and O–H groups in total. The molecule has 0 bridgehead atoms. The predicted octanol–water partition coefficient (Wildman–Crippen LogP) is 3.37. The number of fused-ring (bicyclic) bond motifs is 1. The molecule has 2 heteroatoms. The lowest BCUT2D eigenvalue weighted by Gasteiger charge is -2.16. The van der Waals surface area contributed by atoms with Gasteiger partial charge in [-0.2, -0.15) is 0 Å². The van der Waals surface area contributed by atoms with E-state index in [0.29, 0.717) is 0 Å². The van der Waals surface area contributed by atoms with Crippen molar-refractivity contribution in [2.75, 3.05) is 27.2 Å². The molecule has 18 heavy (non-hydrogen) atoms. The molecule has 2 rings (SSSR count). The molecule has 1 aromatic carbocycles. The maximum absolute atomic E-state index is 5.47. The van der Waals surface area contributed by atoms with Crippen LogP contribution in [0.1, 0.15) is 30.4 Å². The minimum atomic E-state index is 0.997. The Kier molecular flexibility index (Phi) is 4.82. The quantitative estimate of drug-likeness (QED) is 0.752. The molecule has 1 aliphatic heterocycles. The second-order valence-corrected chi connectivity index (χ2v) is 4.98. The smallest absolute Gasteiger partial charge is 0.126 e. The van der Waals surface area contributed by atoms with Crippen molar-refractivity contribution in [1.29, 1.82) is 0 Å². The molecule has 0 saturated carbocycles. The third-order valence-electron chi connectivity index (χ3n) is 3.56. The Morgan fingerprint density at radius 3 is 2.83 bits per heavy atom. The van der Waals surface area contributed by atoms with Gasteiger partial charge >= 0.3 is 0 Å². The van der Waals surface area contributed by atoms with Crippen molar-refractivity contribution in [2.45, 2.75) is 25.7 Å². The first-order chi connectivity index (χ1) is 8.81. The van der Waals surface area contributed by atoms with Crippen LogP contribution in [0.15, 0.2) is 24.3 Å². The lowest BCUT2D eigenvalue weighted by Crippen LogP contribution is -2.21. The number of hydrogen-bond donors (Lipinski definition) is 0. The maximum Gasteiger partial charge on any atom is 0.126 e. The van der Waals surface area contributed by atoms with Crippen molar-refractivity contribution in [2.24, 2.45) is 0 Å². The van der Waals surface area contributed by atoms with Gasteiger partial charge in [-0.05, 0) is 57.5 Å². The summed E-state index contributed by atoms with van der Waals surface area (Å²) in [6.07, 6.45) is 9.23. The first kappa shape index (κ1) is 13.2. The Morgan fingerprint density at radius 2 is 2.00 bits per heavy atom. The van der Waals surface area contributed by atoms with E-state index in [1.165, 1.54) is 37.1 Å². The molecular weight excluding hydrogens is 222 g/mol. The summed E-state index contributed by atoms with van der Waals surface area (Å²) < 4.78 is 5.47. The van der Waals surface area contributed by atoms with Gasteiger partial charge in [-0.25, -0.2) is 0 Å². The van der Waals surface area contributed by atoms with Crippen LogP contribution in [0.3, 0.4) is 0 Å². The van der Waals surface area contributed by atoms with E-state index in [1.807, 2.05) is 0 Å². The molecule has 0 radical (unpaired) electrons. The summed E-state index contributed by atoms with van der Waals surface area (Å²) >= 11 is 0. The number of nitrogens with zero attached hydrogens (tertiary/aromatic N) is 1. The summed E-state index contributed by atoms with van der Waals surface area (Å²) in [4.78, 5) is 2.43. The largest absolute Gasteiger partial charge is 0.496 e. The number of methoxy groups -OCH3 is 1. The molecule has 98 valence electrons. The van der Waals surface area contributed by atoms with Crippen molar-refractivity contribution >= 4 is 6.08 Å². The third kappa shape index (κ3) is 3.36. The standard InChI is InChI=1S/C16H23NO/c1-17-12-5-3-4-10-15-14(9-7-13-17)8-6-11-16(15)18-2/h4,6,8,10-11H,3,5,7,9,12-13H2,1-2H3. The van der Waals surface area contributed by atoms with Crippen LogP contribution >= 0.6 is 0 Å². The Balaban J connectivity index is 2.25. The number of hydrogen-bond acceptors (Lipinski definition) is 2. The Morgan fingerprint density at radius 1 is 1.17 bits per heavy atom. The molecule has 0 saturated heterocycles. The molecule has 0 spiro atoms. The van der Waals surface area contributed by atoms with Gasteiger partial charge in [0.25, 0.3) is 0 Å². The molecule has 0 atom stereocenters. The SMILES string of the molecule is COc1cccc2c1C=CCCCN(C)CCC2. The fourth-order valence-corrected chi connectivity index (χ4v) is 2.51. The molecule has 1 heterocycles. The highest BCUT2D eigenvalue weighted by molar-refractivity contribution is 5.61. The maximum atomic E-state index is 5.47. The molecule has 0 aromatic heterocycles. The monoisotopic (exact) mass is 245 g/mol. The topological polar surface area (TPSA) is 12.5 Å². The number of rotatable bonds is 1. The van der Waals surface area contributed by atoms with Crippen molar-refractivity contribution in [1.82, 2.24) is 4.90 Å². The fourth-order valence-electron chi connectivity index (χ4n) is 2.51. The molecule has 0 fully saturated rings. The number of aryl methyl sites for hydroxylation is 1. The van der Waals surface area contributed by atoms with Crippen LogP contribution in [0, 0.1) is 0 Å². The highest BCUT2D eigenvalue weighted by Gasteiger charge is 2.07. The predicted molar refractivity (Wildman–Crippen MR) is 77.1 cm³/mol. The first-order valence-corrected chi connectivity index (χ1v) is 6.82. The summed E-state index contributed by atoms with van der Waals surface area (Å²) in [5.41, 5.74) is 2.67. The summed E-state index contributed by atoms with van der Waals surface area (Å²) in [7, 11) is 3.97. The normalized spacial score (nSPS) is 17.9. The second kappa shape index (κ2) is 6.60. The van der Waals surface area contributed by atoms with Crippen LogP contribution in [-0.4, -0.2) is 32.1 Å². The van der Waals surface area contributed by atoms with Crippen LogP contribution in [-0.2, 0) is 6.42 Å². The summed E-state index contributed by atoms with van der Waals surface area (Å²) in [6, 6.07) is 6.36. The van der Waals surface area contributed by atoms with Gasteiger partial charge in [0.15, 0.2) is 0 Å². The Bertz CT molecular complexity index is 412. The zero-order valence-electron chi connectivity index (χ0n) is 11.5. The zero-order chi connectivity index (χ0) is 12.8. The Labute approximate surface area is 110 Å². The highest BCUT2D eigenvalue weighted by atomic mass is 16.5. The molecule has 1 aliphatic rings. The molecular formula is C16H23NO. The van der Waals surface area contributed by atoms with Gasteiger partial charge in [0, 0.05) is 5.56 Å². The van der Waals surface area contributed by atoms with Crippen LogP contribution in [0.2, 0.25) is 0 Å². The van der Waals surface area contributed by atoms with E-state index in [1.54, 1.807) is 7.11 Å². The summed E-state index contributed by atoms with van der Waals surface area (Å²) in [5, 5.41) is 0. The first-order valence-electron chi connectivity index (χ1n) is 6.82. The number of allylic oxidation sites excluding steroid dienone is 1. The Hall–Kier alpha value is -1.28. The van der Waals surface area contributed by atoms with Gasteiger partial charge in [-0.3, -0.25) is 0 Å². The van der Waals surface area contributed by atoms with Crippen molar-refractivity contribution < 1.29 is 4.74 Å². The van der Waals surface area contributed by atoms with Gasteiger partial charge in [-0.15, -0.1) is 0 Å². The van der Waals surface area contributed by atoms with Crippen LogP contribution in [0.4, 0.5) is 0 Å². The lowest BCUT2D eigenvalue weighted by molar-refractivity contribution is 0.326. The van der Waals surface area contributed by atoms with Gasteiger partial charge < -0.3 is 9.64 Å². The average Bonchev–Trinajstić information content (AvgIpc) is 2.42. The van der Waals surface area contributed by atoms with Crippen LogP contribution in [0.25, 0.3) is 6.08 Å².